The van der Waals surface area contributed by atoms with E-state index in [-0.39, 0.29) is 18.0 Å². The van der Waals surface area contributed by atoms with Gasteiger partial charge in [-0.05, 0) is 26.0 Å². The molecule has 0 unspecified atom stereocenters. The molecule has 0 atom stereocenters. The normalized spacial score (nSPS) is 10.3. The SMILES string of the molecule is CCOC(=O)c1c(N)nc(=O)n(-c2ccccc2)c1C. The van der Waals surface area contributed by atoms with E-state index < -0.39 is 11.7 Å². The zero-order valence-electron chi connectivity index (χ0n) is 11.3. The van der Waals surface area contributed by atoms with Gasteiger partial charge in [-0.1, -0.05) is 18.2 Å². The zero-order valence-corrected chi connectivity index (χ0v) is 11.3. The first kappa shape index (κ1) is 13.8. The third-order valence-electron chi connectivity index (χ3n) is 2.85. The van der Waals surface area contributed by atoms with Gasteiger partial charge in [0.05, 0.1) is 12.3 Å². The molecule has 0 spiro atoms. The number of carbonyl (C=O) groups is 1. The molecule has 104 valence electrons. The topological polar surface area (TPSA) is 87.2 Å². The monoisotopic (exact) mass is 273 g/mol. The van der Waals surface area contributed by atoms with Crippen molar-refractivity contribution in [3.05, 3.63) is 52.1 Å². The van der Waals surface area contributed by atoms with Gasteiger partial charge < -0.3 is 10.5 Å². The third kappa shape index (κ3) is 2.40. The fraction of sp³-hybridized carbons (Fsp3) is 0.214. The van der Waals surface area contributed by atoms with Crippen molar-refractivity contribution in [1.29, 1.82) is 0 Å². The molecule has 0 amide bonds. The van der Waals surface area contributed by atoms with E-state index in [0.29, 0.717) is 11.4 Å². The number of aromatic nitrogens is 2. The van der Waals surface area contributed by atoms with E-state index in [4.69, 9.17) is 10.5 Å². The summed E-state index contributed by atoms with van der Waals surface area (Å²) in [5, 5.41) is 0. The van der Waals surface area contributed by atoms with Gasteiger partial charge in [-0.3, -0.25) is 4.57 Å². The van der Waals surface area contributed by atoms with Crippen LogP contribution in [0, 0.1) is 6.92 Å². The van der Waals surface area contributed by atoms with Crippen LogP contribution in [0.2, 0.25) is 0 Å². The number of nitrogens with two attached hydrogens (primary N) is 1. The molecule has 0 aliphatic heterocycles. The molecular weight excluding hydrogens is 258 g/mol. The highest BCUT2D eigenvalue weighted by Gasteiger charge is 2.20. The molecule has 0 saturated carbocycles. The molecule has 2 aromatic rings. The van der Waals surface area contributed by atoms with Crippen LogP contribution in [0.3, 0.4) is 0 Å². The predicted octanol–water partition coefficient (Wildman–Crippen LogP) is 1.30. The third-order valence-corrected chi connectivity index (χ3v) is 2.85. The number of nitrogens with zero attached hydrogens (tertiary/aromatic N) is 2. The Morgan fingerprint density at radius 3 is 2.60 bits per heavy atom. The molecule has 2 rings (SSSR count). The maximum absolute atomic E-state index is 12.0. The van der Waals surface area contributed by atoms with Crippen LogP contribution in [0.25, 0.3) is 5.69 Å². The first-order chi connectivity index (χ1) is 9.56. The summed E-state index contributed by atoms with van der Waals surface area (Å²) in [7, 11) is 0. The van der Waals surface area contributed by atoms with E-state index in [9.17, 15) is 9.59 Å². The van der Waals surface area contributed by atoms with Crippen LogP contribution >= 0.6 is 0 Å². The number of hydrogen-bond donors (Lipinski definition) is 1. The summed E-state index contributed by atoms with van der Waals surface area (Å²) in [5.41, 5.74) is 6.30. The van der Waals surface area contributed by atoms with Crippen molar-refractivity contribution < 1.29 is 9.53 Å². The molecule has 0 aliphatic rings. The van der Waals surface area contributed by atoms with Crippen LogP contribution in [0.4, 0.5) is 5.82 Å². The van der Waals surface area contributed by atoms with Gasteiger partial charge in [0.15, 0.2) is 0 Å². The molecule has 2 N–H and O–H groups in total. The summed E-state index contributed by atoms with van der Waals surface area (Å²) in [4.78, 5) is 27.6. The van der Waals surface area contributed by atoms with Crippen molar-refractivity contribution in [2.75, 3.05) is 12.3 Å². The Kier molecular flexibility index (Phi) is 3.84. The highest BCUT2D eigenvalue weighted by atomic mass is 16.5. The van der Waals surface area contributed by atoms with Crippen LogP contribution in [-0.4, -0.2) is 22.1 Å². The quantitative estimate of drug-likeness (QED) is 0.852. The number of esters is 1. The van der Waals surface area contributed by atoms with Crippen LogP contribution in [0.15, 0.2) is 35.1 Å². The summed E-state index contributed by atoms with van der Waals surface area (Å²) in [5.74, 6) is -0.696. The Labute approximate surface area is 115 Å². The Morgan fingerprint density at radius 2 is 2.00 bits per heavy atom. The highest BCUT2D eigenvalue weighted by molar-refractivity contribution is 5.95. The largest absolute Gasteiger partial charge is 0.462 e. The van der Waals surface area contributed by atoms with Gasteiger partial charge in [0.2, 0.25) is 0 Å². The van der Waals surface area contributed by atoms with Crippen molar-refractivity contribution >= 4 is 11.8 Å². The molecular formula is C14H15N3O3. The molecule has 0 saturated heterocycles. The summed E-state index contributed by atoms with van der Waals surface area (Å²) in [6, 6.07) is 8.92. The predicted molar refractivity (Wildman–Crippen MR) is 74.9 cm³/mol. The smallest absolute Gasteiger partial charge is 0.354 e. The van der Waals surface area contributed by atoms with Gasteiger partial charge in [0.1, 0.15) is 11.4 Å². The van der Waals surface area contributed by atoms with Gasteiger partial charge in [0, 0.05) is 5.69 Å². The van der Waals surface area contributed by atoms with E-state index in [1.165, 1.54) is 4.57 Å². The minimum atomic E-state index is -0.584. The highest BCUT2D eigenvalue weighted by Crippen LogP contribution is 2.16. The maximum atomic E-state index is 12.0. The lowest BCUT2D eigenvalue weighted by Crippen LogP contribution is -2.28. The van der Waals surface area contributed by atoms with E-state index in [0.717, 1.165) is 0 Å². The lowest BCUT2D eigenvalue weighted by Gasteiger charge is -2.14. The molecule has 1 aromatic carbocycles. The summed E-state index contributed by atoms with van der Waals surface area (Å²) in [6.45, 7) is 3.56. The van der Waals surface area contributed by atoms with Crippen molar-refractivity contribution in [3.8, 4) is 5.69 Å². The minimum absolute atomic E-state index is 0.113. The first-order valence-corrected chi connectivity index (χ1v) is 6.18. The van der Waals surface area contributed by atoms with E-state index in [1.807, 2.05) is 6.07 Å². The average Bonchev–Trinajstić information content (AvgIpc) is 2.39. The van der Waals surface area contributed by atoms with E-state index >= 15 is 0 Å². The Bertz CT molecular complexity index is 693. The number of carbonyl (C=O) groups excluding carboxylic acids is 1. The number of rotatable bonds is 3. The van der Waals surface area contributed by atoms with Gasteiger partial charge >= 0.3 is 11.7 Å². The van der Waals surface area contributed by atoms with E-state index in [2.05, 4.69) is 4.98 Å². The second-order valence-electron chi connectivity index (χ2n) is 4.13. The van der Waals surface area contributed by atoms with Crippen molar-refractivity contribution in [3.63, 3.8) is 0 Å². The van der Waals surface area contributed by atoms with Gasteiger partial charge in [0.25, 0.3) is 0 Å². The lowest BCUT2D eigenvalue weighted by atomic mass is 10.2. The van der Waals surface area contributed by atoms with Gasteiger partial charge in [-0.15, -0.1) is 0 Å². The van der Waals surface area contributed by atoms with Crippen LogP contribution in [0.1, 0.15) is 23.0 Å². The second-order valence-corrected chi connectivity index (χ2v) is 4.13. The molecule has 6 heteroatoms. The minimum Gasteiger partial charge on any atom is -0.462 e. The van der Waals surface area contributed by atoms with Crippen molar-refractivity contribution in [2.45, 2.75) is 13.8 Å². The number of para-hydroxylation sites is 1. The second kappa shape index (κ2) is 5.56. The molecule has 0 fully saturated rings. The standard InChI is InChI=1S/C14H15N3O3/c1-3-20-13(18)11-9(2)17(14(19)16-12(11)15)10-7-5-4-6-8-10/h4-8H,3H2,1-2H3,(H2,15,16,19). The fourth-order valence-electron chi connectivity index (χ4n) is 1.99. The molecule has 0 aliphatic carbocycles. The summed E-state index contributed by atoms with van der Waals surface area (Å²) >= 11 is 0. The number of ether oxygens (including phenoxy) is 1. The van der Waals surface area contributed by atoms with Crippen molar-refractivity contribution in [1.82, 2.24) is 9.55 Å². The molecule has 1 aromatic heterocycles. The molecule has 0 bridgehead atoms. The zero-order chi connectivity index (χ0) is 14.7. The molecule has 20 heavy (non-hydrogen) atoms. The summed E-state index contributed by atoms with van der Waals surface area (Å²) < 4.78 is 6.28. The molecule has 0 radical (unpaired) electrons. The number of nitrogen functional groups attached to an aromatic ring is 1. The van der Waals surface area contributed by atoms with Gasteiger partial charge in [-0.2, -0.15) is 4.98 Å². The first-order valence-electron chi connectivity index (χ1n) is 6.18. The van der Waals surface area contributed by atoms with Crippen LogP contribution in [-0.2, 0) is 4.74 Å². The van der Waals surface area contributed by atoms with Crippen LogP contribution in [0.5, 0.6) is 0 Å². The maximum Gasteiger partial charge on any atom is 0.354 e. The van der Waals surface area contributed by atoms with Gasteiger partial charge in [-0.25, -0.2) is 9.59 Å². The number of hydrogen-bond acceptors (Lipinski definition) is 5. The summed E-state index contributed by atoms with van der Waals surface area (Å²) in [6.07, 6.45) is 0. The Morgan fingerprint density at radius 1 is 1.35 bits per heavy atom. The van der Waals surface area contributed by atoms with Crippen LogP contribution < -0.4 is 11.4 Å². The molecule has 6 nitrogen and oxygen atoms in total. The Balaban J connectivity index is 2.68. The lowest BCUT2D eigenvalue weighted by molar-refractivity contribution is 0.0525. The Hall–Kier alpha value is -2.63. The average molecular weight is 273 g/mol. The number of anilines is 1. The van der Waals surface area contributed by atoms with E-state index in [1.54, 1.807) is 38.1 Å². The fourth-order valence-corrected chi connectivity index (χ4v) is 1.99. The van der Waals surface area contributed by atoms with Crippen molar-refractivity contribution in [2.24, 2.45) is 0 Å². The molecule has 1 heterocycles. The number of benzene rings is 1.